The first kappa shape index (κ1) is 17.9. The molecule has 1 fully saturated rings. The number of carbonyl (C=O) groups is 1. The topological polar surface area (TPSA) is 61.4 Å². The zero-order valence-corrected chi connectivity index (χ0v) is 14.9. The molecule has 2 amide bonds. The van der Waals surface area contributed by atoms with Crippen LogP contribution in [0.25, 0.3) is 0 Å². The maximum absolute atomic E-state index is 12.1. The monoisotopic (exact) mass is 337 g/mol. The van der Waals surface area contributed by atoms with E-state index in [1.54, 1.807) is 6.26 Å². The van der Waals surface area contributed by atoms with Gasteiger partial charge in [-0.05, 0) is 18.4 Å². The quantitative estimate of drug-likeness (QED) is 0.828. The van der Waals surface area contributed by atoms with Gasteiger partial charge in [0, 0.05) is 54.5 Å². The molecule has 128 valence electrons. The lowest BCUT2D eigenvalue weighted by molar-refractivity contribution is 0.232. The van der Waals surface area contributed by atoms with E-state index in [2.05, 4.69) is 46.7 Å². The molecule has 1 aromatic carbocycles. The third-order valence-corrected chi connectivity index (χ3v) is 5.09. The second-order valence-corrected chi connectivity index (χ2v) is 8.00. The predicted molar refractivity (Wildman–Crippen MR) is 94.7 cm³/mol. The Bertz CT molecular complexity index is 538. The molecule has 1 aliphatic heterocycles. The summed E-state index contributed by atoms with van der Waals surface area (Å²) in [7, 11) is -0.902. The molecule has 4 atom stereocenters. The summed E-state index contributed by atoms with van der Waals surface area (Å²) < 4.78 is 11.2. The van der Waals surface area contributed by atoms with Crippen LogP contribution in [0.4, 0.5) is 4.79 Å². The molecule has 1 saturated heterocycles. The van der Waals surface area contributed by atoms with Gasteiger partial charge in [-0.1, -0.05) is 37.3 Å². The zero-order valence-electron chi connectivity index (χ0n) is 14.1. The van der Waals surface area contributed by atoms with E-state index in [0.717, 1.165) is 19.6 Å². The van der Waals surface area contributed by atoms with Crippen molar-refractivity contribution < 1.29 is 9.00 Å². The largest absolute Gasteiger partial charge is 0.335 e. The van der Waals surface area contributed by atoms with E-state index < -0.39 is 10.8 Å². The first-order chi connectivity index (χ1) is 10.9. The number of hydrogen-bond acceptors (Lipinski definition) is 3. The third-order valence-electron chi connectivity index (χ3n) is 4.12. The second-order valence-electron chi connectivity index (χ2n) is 6.52. The minimum Gasteiger partial charge on any atom is -0.335 e. The summed E-state index contributed by atoms with van der Waals surface area (Å²) in [5.74, 6) is 0.897. The third kappa shape index (κ3) is 5.95. The maximum atomic E-state index is 12.1. The first-order valence-corrected chi connectivity index (χ1v) is 9.80. The maximum Gasteiger partial charge on any atom is 0.315 e. The highest BCUT2D eigenvalue weighted by Crippen LogP contribution is 2.18. The molecule has 0 radical (unpaired) electrons. The van der Waals surface area contributed by atoms with Crippen molar-refractivity contribution in [2.45, 2.75) is 32.5 Å². The predicted octanol–water partition coefficient (Wildman–Crippen LogP) is 1.57. The number of carbonyl (C=O) groups excluding carboxylic acids is 1. The lowest BCUT2D eigenvalue weighted by Gasteiger charge is -2.20. The van der Waals surface area contributed by atoms with Gasteiger partial charge in [-0.2, -0.15) is 0 Å². The van der Waals surface area contributed by atoms with Gasteiger partial charge in [-0.15, -0.1) is 0 Å². The summed E-state index contributed by atoms with van der Waals surface area (Å²) in [6.45, 7) is 6.80. The molecule has 1 heterocycles. The van der Waals surface area contributed by atoms with Gasteiger partial charge in [0.1, 0.15) is 0 Å². The SMILES string of the molecule is CC(CS(C)=O)NC(=O)NC1CN(Cc2ccccc2)CC1C. The van der Waals surface area contributed by atoms with E-state index in [1.807, 2.05) is 13.0 Å². The van der Waals surface area contributed by atoms with Crippen LogP contribution in [0, 0.1) is 5.92 Å². The molecule has 0 aromatic heterocycles. The first-order valence-electron chi connectivity index (χ1n) is 8.07. The van der Waals surface area contributed by atoms with Crippen molar-refractivity contribution >= 4 is 16.8 Å². The lowest BCUT2D eigenvalue weighted by atomic mass is 10.1. The zero-order chi connectivity index (χ0) is 16.8. The fourth-order valence-corrected chi connectivity index (χ4v) is 3.84. The molecular formula is C17H27N3O2S. The Balaban J connectivity index is 1.80. The van der Waals surface area contributed by atoms with Crippen LogP contribution in [0.15, 0.2) is 30.3 Å². The van der Waals surface area contributed by atoms with Gasteiger partial charge in [0.2, 0.25) is 0 Å². The minimum absolute atomic E-state index is 0.0852. The second kappa shape index (κ2) is 8.45. The smallest absolute Gasteiger partial charge is 0.315 e. The number of likely N-dealkylation sites (tertiary alicyclic amines) is 1. The Kier molecular flexibility index (Phi) is 6.59. The van der Waals surface area contributed by atoms with Gasteiger partial charge in [0.15, 0.2) is 0 Å². The Morgan fingerprint density at radius 2 is 2.04 bits per heavy atom. The van der Waals surface area contributed by atoms with Crippen LogP contribution < -0.4 is 10.6 Å². The van der Waals surface area contributed by atoms with Crippen molar-refractivity contribution in [1.29, 1.82) is 0 Å². The highest BCUT2D eigenvalue weighted by atomic mass is 32.2. The summed E-state index contributed by atoms with van der Waals surface area (Å²) in [4.78, 5) is 14.4. The molecule has 0 aliphatic carbocycles. The van der Waals surface area contributed by atoms with Crippen LogP contribution in [0.3, 0.4) is 0 Å². The average molecular weight is 337 g/mol. The number of urea groups is 1. The standard InChI is InChI=1S/C17H27N3O2S/c1-13-9-20(10-15-7-5-4-6-8-15)11-16(13)19-17(21)18-14(2)12-23(3)22/h4-8,13-14,16H,9-12H2,1-3H3,(H2,18,19,21). The molecule has 2 rings (SSSR count). The Morgan fingerprint density at radius 3 is 2.70 bits per heavy atom. The highest BCUT2D eigenvalue weighted by molar-refractivity contribution is 7.84. The van der Waals surface area contributed by atoms with Crippen LogP contribution in [-0.4, -0.2) is 52.3 Å². The molecule has 1 aromatic rings. The van der Waals surface area contributed by atoms with Gasteiger partial charge in [-0.25, -0.2) is 4.79 Å². The van der Waals surface area contributed by atoms with Crippen LogP contribution in [0.1, 0.15) is 19.4 Å². The molecule has 0 saturated carbocycles. The van der Waals surface area contributed by atoms with E-state index in [-0.39, 0.29) is 18.1 Å². The lowest BCUT2D eigenvalue weighted by Crippen LogP contribution is -2.49. The van der Waals surface area contributed by atoms with Crippen LogP contribution in [-0.2, 0) is 17.3 Å². The number of benzene rings is 1. The summed E-state index contributed by atoms with van der Waals surface area (Å²) in [5, 5.41) is 5.92. The minimum atomic E-state index is -0.902. The van der Waals surface area contributed by atoms with E-state index >= 15 is 0 Å². The van der Waals surface area contributed by atoms with Gasteiger partial charge < -0.3 is 10.6 Å². The summed E-state index contributed by atoms with van der Waals surface area (Å²) in [6, 6.07) is 10.3. The van der Waals surface area contributed by atoms with E-state index in [9.17, 15) is 9.00 Å². The summed E-state index contributed by atoms with van der Waals surface area (Å²) in [5.41, 5.74) is 1.30. The molecule has 0 spiro atoms. The number of nitrogens with zero attached hydrogens (tertiary/aromatic N) is 1. The molecule has 6 heteroatoms. The highest BCUT2D eigenvalue weighted by Gasteiger charge is 2.30. The summed E-state index contributed by atoms with van der Waals surface area (Å²) >= 11 is 0. The van der Waals surface area contributed by atoms with E-state index in [1.165, 1.54) is 5.56 Å². The van der Waals surface area contributed by atoms with Crippen molar-refractivity contribution in [1.82, 2.24) is 15.5 Å². The van der Waals surface area contributed by atoms with Gasteiger partial charge in [0.25, 0.3) is 0 Å². The average Bonchev–Trinajstić information content (AvgIpc) is 2.78. The number of hydrogen-bond donors (Lipinski definition) is 2. The Labute approximate surface area is 141 Å². The van der Waals surface area contributed by atoms with Crippen LogP contribution in [0.2, 0.25) is 0 Å². The molecule has 5 nitrogen and oxygen atoms in total. The molecule has 4 unspecified atom stereocenters. The Hall–Kier alpha value is -1.40. The normalized spacial score (nSPS) is 24.1. The number of amides is 2. The van der Waals surface area contributed by atoms with E-state index in [4.69, 9.17) is 0 Å². The van der Waals surface area contributed by atoms with Crippen molar-refractivity contribution in [3.05, 3.63) is 35.9 Å². The molecule has 23 heavy (non-hydrogen) atoms. The van der Waals surface area contributed by atoms with E-state index in [0.29, 0.717) is 11.7 Å². The fourth-order valence-electron chi connectivity index (χ4n) is 3.05. The molecule has 1 aliphatic rings. The molecular weight excluding hydrogens is 310 g/mol. The van der Waals surface area contributed by atoms with Crippen molar-refractivity contribution in [3.63, 3.8) is 0 Å². The number of rotatable bonds is 6. The Morgan fingerprint density at radius 1 is 1.35 bits per heavy atom. The van der Waals surface area contributed by atoms with Crippen molar-refractivity contribution in [2.75, 3.05) is 25.1 Å². The van der Waals surface area contributed by atoms with Crippen molar-refractivity contribution in [3.8, 4) is 0 Å². The van der Waals surface area contributed by atoms with Gasteiger partial charge in [-0.3, -0.25) is 9.11 Å². The van der Waals surface area contributed by atoms with Gasteiger partial charge >= 0.3 is 6.03 Å². The molecule has 2 N–H and O–H groups in total. The molecule has 0 bridgehead atoms. The van der Waals surface area contributed by atoms with Crippen molar-refractivity contribution in [2.24, 2.45) is 5.92 Å². The fraction of sp³-hybridized carbons (Fsp3) is 0.588. The number of nitrogens with one attached hydrogen (secondary N) is 2. The van der Waals surface area contributed by atoms with Crippen LogP contribution in [0.5, 0.6) is 0 Å². The van der Waals surface area contributed by atoms with Crippen LogP contribution >= 0.6 is 0 Å². The van der Waals surface area contributed by atoms with Gasteiger partial charge in [0.05, 0.1) is 0 Å². The summed E-state index contributed by atoms with van der Waals surface area (Å²) in [6.07, 6.45) is 1.65.